The Balaban J connectivity index is 0.00000441. The van der Waals surface area contributed by atoms with Crippen LogP contribution in [0, 0.1) is 0 Å². The third-order valence-electron chi connectivity index (χ3n) is 7.21. The number of allylic oxidation sites excluding steroid dienone is 6. The lowest BCUT2D eigenvalue weighted by atomic mass is 9.90. The van der Waals surface area contributed by atoms with Crippen molar-refractivity contribution in [3.63, 3.8) is 0 Å². The Morgan fingerprint density at radius 3 is 1.45 bits per heavy atom. The molecule has 2 aromatic rings. The van der Waals surface area contributed by atoms with E-state index in [0.717, 1.165) is 57.8 Å². The standard InChI is InChI=1S/C35H40O4.CH4/c36-34(22-20-28-12-10-18-32(26-28)30-14-4-1-5-15-30)38-24-8-3-9-25-39-35(37)23-21-29-13-11-19-33(27-29)31-16-6-2-7-17-31;/h1-2,4-7,14-17,20-21,26-27H,3,8-13,18-19,22-25H2;1H4/b28-20+,29-21+;. The van der Waals surface area contributed by atoms with Crippen LogP contribution in [0.15, 0.2) is 96.1 Å². The van der Waals surface area contributed by atoms with Gasteiger partial charge in [0, 0.05) is 0 Å². The van der Waals surface area contributed by atoms with Crippen LogP contribution in [0.3, 0.4) is 0 Å². The van der Waals surface area contributed by atoms with Gasteiger partial charge in [0.2, 0.25) is 0 Å². The number of esters is 2. The molecular formula is C36H44O4. The van der Waals surface area contributed by atoms with Gasteiger partial charge in [-0.25, -0.2) is 0 Å². The smallest absolute Gasteiger partial charge is 0.309 e. The molecule has 0 saturated heterocycles. The summed E-state index contributed by atoms with van der Waals surface area (Å²) in [4.78, 5) is 24.3. The number of carbonyl (C=O) groups is 2. The third kappa shape index (κ3) is 10.5. The topological polar surface area (TPSA) is 52.6 Å². The monoisotopic (exact) mass is 540 g/mol. The van der Waals surface area contributed by atoms with E-state index < -0.39 is 0 Å². The zero-order valence-corrected chi connectivity index (χ0v) is 22.9. The number of unbranched alkanes of at least 4 members (excludes halogenated alkanes) is 2. The quantitative estimate of drug-likeness (QED) is 0.199. The van der Waals surface area contributed by atoms with Crippen molar-refractivity contribution in [2.75, 3.05) is 13.2 Å². The molecule has 212 valence electrons. The molecule has 4 heteroatoms. The van der Waals surface area contributed by atoms with E-state index in [1.807, 2.05) is 24.3 Å². The van der Waals surface area contributed by atoms with Crippen molar-refractivity contribution in [3.8, 4) is 0 Å². The number of hydrogen-bond acceptors (Lipinski definition) is 4. The molecule has 0 radical (unpaired) electrons. The van der Waals surface area contributed by atoms with Crippen LogP contribution >= 0.6 is 0 Å². The molecule has 0 aromatic heterocycles. The first-order valence-electron chi connectivity index (χ1n) is 14.4. The summed E-state index contributed by atoms with van der Waals surface area (Å²) in [5, 5.41) is 0. The minimum atomic E-state index is -0.186. The molecule has 2 aliphatic rings. The maximum atomic E-state index is 12.2. The van der Waals surface area contributed by atoms with Gasteiger partial charge in [-0.1, -0.05) is 104 Å². The van der Waals surface area contributed by atoms with Gasteiger partial charge in [-0.15, -0.1) is 0 Å². The normalized spacial score (nSPS) is 17.0. The first-order chi connectivity index (χ1) is 19.2. The van der Waals surface area contributed by atoms with Gasteiger partial charge in [0.1, 0.15) is 0 Å². The molecule has 0 atom stereocenters. The summed E-state index contributed by atoms with van der Waals surface area (Å²) < 4.78 is 10.8. The molecule has 0 aliphatic heterocycles. The molecule has 0 bridgehead atoms. The summed E-state index contributed by atoms with van der Waals surface area (Å²) in [5.74, 6) is -0.372. The zero-order valence-electron chi connectivity index (χ0n) is 22.9. The van der Waals surface area contributed by atoms with E-state index in [0.29, 0.717) is 26.1 Å². The number of rotatable bonds is 12. The van der Waals surface area contributed by atoms with Crippen molar-refractivity contribution >= 4 is 23.1 Å². The van der Waals surface area contributed by atoms with Gasteiger partial charge in [0.05, 0.1) is 26.1 Å². The van der Waals surface area contributed by atoms with Crippen LogP contribution in [0.5, 0.6) is 0 Å². The minimum absolute atomic E-state index is 0. The van der Waals surface area contributed by atoms with Crippen molar-refractivity contribution in [3.05, 3.63) is 107 Å². The molecule has 4 nitrogen and oxygen atoms in total. The first kappa shape index (κ1) is 30.9. The van der Waals surface area contributed by atoms with Crippen LogP contribution in [0.25, 0.3) is 11.1 Å². The van der Waals surface area contributed by atoms with E-state index in [2.05, 4.69) is 60.7 Å². The Morgan fingerprint density at radius 2 is 1.02 bits per heavy atom. The maximum absolute atomic E-state index is 12.2. The Bertz CT molecular complexity index is 1110. The molecule has 0 unspecified atom stereocenters. The van der Waals surface area contributed by atoms with Gasteiger partial charge in [-0.3, -0.25) is 9.59 Å². The van der Waals surface area contributed by atoms with Crippen LogP contribution in [0.4, 0.5) is 0 Å². The van der Waals surface area contributed by atoms with Crippen molar-refractivity contribution < 1.29 is 19.1 Å². The van der Waals surface area contributed by atoms with Crippen LogP contribution in [-0.2, 0) is 19.1 Å². The lowest BCUT2D eigenvalue weighted by molar-refractivity contribution is -0.143. The summed E-state index contributed by atoms with van der Waals surface area (Å²) in [6.45, 7) is 0.812. The average molecular weight is 541 g/mol. The SMILES string of the molecule is C.O=C(C/C=C1/C=C(c2ccccc2)CCC1)OCCCCCOC(=O)C/C=C1/C=C(c2ccccc2)CCC1. The summed E-state index contributed by atoms with van der Waals surface area (Å²) in [6.07, 6.45) is 17.8. The number of benzene rings is 2. The average Bonchev–Trinajstić information content (AvgIpc) is 2.99. The van der Waals surface area contributed by atoms with Crippen LogP contribution in [0.1, 0.15) is 89.2 Å². The lowest BCUT2D eigenvalue weighted by Gasteiger charge is -2.15. The molecule has 2 aliphatic carbocycles. The number of ether oxygens (including phenoxy) is 2. The predicted octanol–water partition coefficient (Wildman–Crippen LogP) is 9.05. The van der Waals surface area contributed by atoms with Crippen LogP contribution < -0.4 is 0 Å². The van der Waals surface area contributed by atoms with Crippen molar-refractivity contribution in [2.24, 2.45) is 0 Å². The van der Waals surface area contributed by atoms with Gasteiger partial charge >= 0.3 is 11.9 Å². The molecule has 0 amide bonds. The molecule has 0 saturated carbocycles. The molecule has 4 rings (SSSR count). The fourth-order valence-electron chi connectivity index (χ4n) is 5.08. The molecule has 2 aromatic carbocycles. The minimum Gasteiger partial charge on any atom is -0.465 e. The zero-order chi connectivity index (χ0) is 27.1. The lowest BCUT2D eigenvalue weighted by Crippen LogP contribution is -2.07. The molecule has 0 heterocycles. The van der Waals surface area contributed by atoms with Crippen LogP contribution in [-0.4, -0.2) is 25.2 Å². The Hall–Kier alpha value is -3.66. The summed E-state index contributed by atoms with van der Waals surface area (Å²) in [6, 6.07) is 20.8. The maximum Gasteiger partial charge on any atom is 0.309 e. The highest BCUT2D eigenvalue weighted by Gasteiger charge is 2.11. The van der Waals surface area contributed by atoms with Crippen molar-refractivity contribution in [1.82, 2.24) is 0 Å². The van der Waals surface area contributed by atoms with Gasteiger partial charge in [0.25, 0.3) is 0 Å². The van der Waals surface area contributed by atoms with E-state index in [-0.39, 0.29) is 19.4 Å². The number of carbonyl (C=O) groups excluding carboxylic acids is 2. The molecule has 40 heavy (non-hydrogen) atoms. The Morgan fingerprint density at radius 1 is 0.600 bits per heavy atom. The molecular weight excluding hydrogens is 496 g/mol. The van der Waals surface area contributed by atoms with E-state index in [9.17, 15) is 9.59 Å². The summed E-state index contributed by atoms with van der Waals surface area (Å²) in [7, 11) is 0. The second-order valence-electron chi connectivity index (χ2n) is 10.2. The third-order valence-corrected chi connectivity index (χ3v) is 7.21. The highest BCUT2D eigenvalue weighted by molar-refractivity contribution is 5.74. The molecule has 0 fully saturated rings. The highest BCUT2D eigenvalue weighted by atomic mass is 16.5. The fourth-order valence-corrected chi connectivity index (χ4v) is 5.08. The van der Waals surface area contributed by atoms with Gasteiger partial charge in [-0.05, 0) is 80.1 Å². The molecule has 0 spiro atoms. The Kier molecular flexibility index (Phi) is 13.2. The van der Waals surface area contributed by atoms with Gasteiger partial charge in [0.15, 0.2) is 0 Å². The second-order valence-corrected chi connectivity index (χ2v) is 10.2. The fraction of sp³-hybridized carbons (Fsp3) is 0.389. The first-order valence-corrected chi connectivity index (χ1v) is 14.4. The highest BCUT2D eigenvalue weighted by Crippen LogP contribution is 2.30. The van der Waals surface area contributed by atoms with Crippen molar-refractivity contribution in [1.29, 1.82) is 0 Å². The summed E-state index contributed by atoms with van der Waals surface area (Å²) in [5.41, 5.74) is 7.61. The van der Waals surface area contributed by atoms with Crippen LogP contribution in [0.2, 0.25) is 0 Å². The van der Waals surface area contributed by atoms with E-state index in [1.165, 1.54) is 33.4 Å². The summed E-state index contributed by atoms with van der Waals surface area (Å²) >= 11 is 0. The molecule has 0 N–H and O–H groups in total. The van der Waals surface area contributed by atoms with E-state index >= 15 is 0 Å². The number of hydrogen-bond donors (Lipinski definition) is 0. The Labute approximate surface area is 240 Å². The largest absolute Gasteiger partial charge is 0.465 e. The van der Waals surface area contributed by atoms with Gasteiger partial charge < -0.3 is 9.47 Å². The van der Waals surface area contributed by atoms with E-state index in [1.54, 1.807) is 0 Å². The van der Waals surface area contributed by atoms with Gasteiger partial charge in [-0.2, -0.15) is 0 Å². The van der Waals surface area contributed by atoms with E-state index in [4.69, 9.17) is 9.47 Å². The predicted molar refractivity (Wildman–Crippen MR) is 164 cm³/mol. The second kappa shape index (κ2) is 17.1. The van der Waals surface area contributed by atoms with Crippen molar-refractivity contribution in [2.45, 2.75) is 78.1 Å².